The zero-order chi connectivity index (χ0) is 29.3. The number of rotatable bonds is 6. The lowest BCUT2D eigenvalue weighted by atomic mass is 9.73. The zero-order valence-corrected chi connectivity index (χ0v) is 24.1. The molecule has 4 aromatic rings. The average molecular weight is 559 g/mol. The number of anilines is 2. The maximum atomic E-state index is 14.4. The van der Waals surface area contributed by atoms with Crippen molar-refractivity contribution < 1.29 is 19.1 Å². The summed E-state index contributed by atoms with van der Waals surface area (Å²) in [5.74, 6) is 0.957. The van der Waals surface area contributed by atoms with E-state index in [0.717, 1.165) is 22.5 Å². The monoisotopic (exact) mass is 558 g/mol. The van der Waals surface area contributed by atoms with Gasteiger partial charge in [-0.05, 0) is 59.4 Å². The first-order chi connectivity index (χ1) is 20.3. The van der Waals surface area contributed by atoms with Crippen molar-refractivity contribution in [2.45, 2.75) is 39.3 Å². The number of methoxy groups -OCH3 is 1. The van der Waals surface area contributed by atoms with Crippen molar-refractivity contribution in [3.8, 4) is 11.5 Å². The Morgan fingerprint density at radius 2 is 1.57 bits per heavy atom. The Labute approximate surface area is 246 Å². The smallest absolute Gasteiger partial charge is 0.259 e. The second-order valence-corrected chi connectivity index (χ2v) is 11.6. The molecule has 1 atom stereocenters. The van der Waals surface area contributed by atoms with E-state index in [9.17, 15) is 9.59 Å². The molecule has 1 aliphatic heterocycles. The molecule has 2 aliphatic rings. The SMILES string of the molecule is COc1ccc(C2C3=C(CC(C)(C)CC3=O)Nc3ccccc3N2C(=O)c2ccccc2)cc1OCc1ccccc1. The Morgan fingerprint density at radius 3 is 2.31 bits per heavy atom. The highest BCUT2D eigenvalue weighted by Crippen LogP contribution is 2.49. The third-order valence-electron chi connectivity index (χ3n) is 7.88. The normalized spacial score (nSPS) is 17.5. The summed E-state index contributed by atoms with van der Waals surface area (Å²) in [6, 6.07) is 31.9. The molecule has 1 heterocycles. The Morgan fingerprint density at radius 1 is 0.881 bits per heavy atom. The second-order valence-electron chi connectivity index (χ2n) is 11.6. The van der Waals surface area contributed by atoms with Crippen molar-refractivity contribution in [3.63, 3.8) is 0 Å². The standard InChI is InChI=1S/C36H34N2O4/c1-36(2)21-28-33(30(39)22-36)34(26-18-19-31(41-3)32(20-26)42-23-24-12-6-4-7-13-24)38(29-17-11-10-16-27(29)37-28)35(40)25-14-8-5-9-15-25/h4-20,34,37H,21-23H2,1-3H3. The van der Waals surface area contributed by atoms with Gasteiger partial charge in [-0.15, -0.1) is 0 Å². The quantitative estimate of drug-likeness (QED) is 0.262. The summed E-state index contributed by atoms with van der Waals surface area (Å²) < 4.78 is 11.9. The number of allylic oxidation sites excluding steroid dienone is 1. The fourth-order valence-corrected chi connectivity index (χ4v) is 5.96. The highest BCUT2D eigenvalue weighted by Gasteiger charge is 2.43. The van der Waals surface area contributed by atoms with Crippen molar-refractivity contribution in [2.24, 2.45) is 5.41 Å². The van der Waals surface area contributed by atoms with Crippen LogP contribution in [0.2, 0.25) is 0 Å². The number of amides is 1. The van der Waals surface area contributed by atoms with E-state index >= 15 is 0 Å². The largest absolute Gasteiger partial charge is 0.493 e. The van der Waals surface area contributed by atoms with Gasteiger partial charge in [0.15, 0.2) is 17.3 Å². The Bertz CT molecular complexity index is 1660. The summed E-state index contributed by atoms with van der Waals surface area (Å²) in [6.45, 7) is 4.57. The van der Waals surface area contributed by atoms with Gasteiger partial charge < -0.3 is 14.8 Å². The molecule has 0 bridgehead atoms. The van der Waals surface area contributed by atoms with Crippen LogP contribution in [0.4, 0.5) is 11.4 Å². The van der Waals surface area contributed by atoms with Crippen molar-refractivity contribution in [1.29, 1.82) is 0 Å². The molecule has 0 aromatic heterocycles. The number of ketones is 1. The molecule has 1 aliphatic carbocycles. The predicted octanol–water partition coefficient (Wildman–Crippen LogP) is 7.73. The van der Waals surface area contributed by atoms with Crippen molar-refractivity contribution in [2.75, 3.05) is 17.3 Å². The lowest BCUT2D eigenvalue weighted by molar-refractivity contribution is -0.118. The van der Waals surface area contributed by atoms with Gasteiger partial charge in [0.25, 0.3) is 5.91 Å². The molecule has 0 fully saturated rings. The molecule has 6 heteroatoms. The first kappa shape index (κ1) is 27.3. The van der Waals surface area contributed by atoms with Gasteiger partial charge >= 0.3 is 0 Å². The third kappa shape index (κ3) is 5.28. The minimum Gasteiger partial charge on any atom is -0.493 e. The van der Waals surface area contributed by atoms with E-state index in [2.05, 4.69) is 19.2 Å². The number of Topliss-reactive ketones (excluding diaryl/α,β-unsaturated/α-hetero) is 1. The van der Waals surface area contributed by atoms with Crippen LogP contribution in [0.1, 0.15) is 54.2 Å². The molecule has 0 saturated carbocycles. The van der Waals surface area contributed by atoms with Crippen LogP contribution in [-0.4, -0.2) is 18.8 Å². The summed E-state index contributed by atoms with van der Waals surface area (Å²) in [5.41, 5.74) is 5.06. The molecule has 0 saturated heterocycles. The number of para-hydroxylation sites is 2. The van der Waals surface area contributed by atoms with Gasteiger partial charge in [-0.2, -0.15) is 0 Å². The summed E-state index contributed by atoms with van der Waals surface area (Å²) in [6.07, 6.45) is 1.07. The van der Waals surface area contributed by atoms with Crippen LogP contribution in [0.15, 0.2) is 114 Å². The minimum atomic E-state index is -0.683. The number of hydrogen-bond acceptors (Lipinski definition) is 5. The summed E-state index contributed by atoms with van der Waals surface area (Å²) in [7, 11) is 1.61. The molecular formula is C36H34N2O4. The van der Waals surface area contributed by atoms with Crippen LogP contribution in [0, 0.1) is 5.41 Å². The van der Waals surface area contributed by atoms with E-state index in [1.54, 1.807) is 12.0 Å². The summed E-state index contributed by atoms with van der Waals surface area (Å²) >= 11 is 0. The molecule has 1 amide bonds. The highest BCUT2D eigenvalue weighted by atomic mass is 16.5. The number of hydrogen-bond donors (Lipinski definition) is 1. The number of ether oxygens (including phenoxy) is 2. The maximum Gasteiger partial charge on any atom is 0.259 e. The molecule has 0 spiro atoms. The Kier molecular flexibility index (Phi) is 7.29. The van der Waals surface area contributed by atoms with E-state index in [1.165, 1.54) is 0 Å². The third-order valence-corrected chi connectivity index (χ3v) is 7.88. The van der Waals surface area contributed by atoms with E-state index in [0.29, 0.717) is 47.8 Å². The molecule has 4 aromatic carbocycles. The first-order valence-electron chi connectivity index (χ1n) is 14.2. The molecule has 6 nitrogen and oxygen atoms in total. The maximum absolute atomic E-state index is 14.4. The van der Waals surface area contributed by atoms with Crippen molar-refractivity contribution >= 4 is 23.1 Å². The van der Waals surface area contributed by atoms with Crippen LogP contribution in [-0.2, 0) is 11.4 Å². The van der Waals surface area contributed by atoms with Gasteiger partial charge in [0.05, 0.1) is 24.5 Å². The van der Waals surface area contributed by atoms with Crippen molar-refractivity contribution in [1.82, 2.24) is 0 Å². The molecule has 42 heavy (non-hydrogen) atoms. The van der Waals surface area contributed by atoms with E-state index < -0.39 is 6.04 Å². The molecule has 6 rings (SSSR count). The van der Waals surface area contributed by atoms with Gasteiger partial charge in [0.2, 0.25) is 0 Å². The van der Waals surface area contributed by atoms with E-state index in [1.807, 2.05) is 103 Å². The Balaban J connectivity index is 1.54. The van der Waals surface area contributed by atoms with Crippen LogP contribution < -0.4 is 19.7 Å². The van der Waals surface area contributed by atoms with Crippen LogP contribution in [0.25, 0.3) is 0 Å². The van der Waals surface area contributed by atoms with E-state index in [-0.39, 0.29) is 17.1 Å². The second kappa shape index (κ2) is 11.2. The summed E-state index contributed by atoms with van der Waals surface area (Å²) in [4.78, 5) is 30.3. The zero-order valence-electron chi connectivity index (χ0n) is 24.1. The van der Waals surface area contributed by atoms with Crippen molar-refractivity contribution in [3.05, 3.63) is 131 Å². The van der Waals surface area contributed by atoms with Crippen LogP contribution in [0.3, 0.4) is 0 Å². The molecular weight excluding hydrogens is 524 g/mol. The molecule has 212 valence electrons. The van der Waals surface area contributed by atoms with Crippen LogP contribution >= 0.6 is 0 Å². The number of carbonyl (C=O) groups excluding carboxylic acids is 2. The predicted molar refractivity (Wildman–Crippen MR) is 165 cm³/mol. The Hall–Kier alpha value is -4.84. The molecule has 0 radical (unpaired) electrons. The number of nitrogens with one attached hydrogen (secondary N) is 1. The number of carbonyl (C=O) groups is 2. The summed E-state index contributed by atoms with van der Waals surface area (Å²) in [5, 5.41) is 3.58. The van der Waals surface area contributed by atoms with Gasteiger partial charge in [-0.25, -0.2) is 0 Å². The van der Waals surface area contributed by atoms with Gasteiger partial charge in [0.1, 0.15) is 6.61 Å². The number of fused-ring (bicyclic) bond motifs is 1. The highest BCUT2D eigenvalue weighted by molar-refractivity contribution is 6.12. The molecule has 1 N–H and O–H groups in total. The van der Waals surface area contributed by atoms with Crippen LogP contribution in [0.5, 0.6) is 11.5 Å². The average Bonchev–Trinajstić information content (AvgIpc) is 3.14. The fraction of sp³-hybridized carbons (Fsp3) is 0.222. The fourth-order valence-electron chi connectivity index (χ4n) is 5.96. The molecule has 1 unspecified atom stereocenters. The van der Waals surface area contributed by atoms with E-state index in [4.69, 9.17) is 9.47 Å². The lowest BCUT2D eigenvalue weighted by Crippen LogP contribution is -2.39. The number of benzene rings is 4. The minimum absolute atomic E-state index is 0.0278. The first-order valence-corrected chi connectivity index (χ1v) is 14.2. The lowest BCUT2D eigenvalue weighted by Gasteiger charge is -2.37. The van der Waals surface area contributed by atoms with Gasteiger partial charge in [-0.1, -0.05) is 80.6 Å². The topological polar surface area (TPSA) is 67.9 Å². The number of nitrogens with zero attached hydrogens (tertiary/aromatic N) is 1. The van der Waals surface area contributed by atoms with Gasteiger partial charge in [0, 0.05) is 23.3 Å². The van der Waals surface area contributed by atoms with Gasteiger partial charge in [-0.3, -0.25) is 14.5 Å².